The molecule has 0 aliphatic rings. The van der Waals surface area contributed by atoms with Gasteiger partial charge in [-0.05, 0) is 6.42 Å². The molecule has 0 spiro atoms. The molecule has 0 fully saturated rings. The molecule has 0 atom stereocenters. The van der Waals surface area contributed by atoms with E-state index in [2.05, 4.69) is 11.3 Å². The zero-order chi connectivity index (χ0) is 9.45. The first-order chi connectivity index (χ1) is 5.56. The van der Waals surface area contributed by atoms with E-state index in [0.717, 1.165) is 25.7 Å². The molecule has 0 N–H and O–H groups in total. The maximum atomic E-state index is 10.00. The molecule has 8 heteroatoms. The second-order valence-electron chi connectivity index (χ2n) is 2.76. The Hall–Kier alpha value is 4.97. The van der Waals surface area contributed by atoms with Gasteiger partial charge in [-0.1, -0.05) is 32.6 Å². The van der Waals surface area contributed by atoms with E-state index in [1.807, 2.05) is 0 Å². The van der Waals surface area contributed by atoms with Crippen LogP contribution in [0.1, 0.15) is 39.0 Å². The van der Waals surface area contributed by atoms with Gasteiger partial charge in [-0.3, -0.25) is 0 Å². The molecule has 4 nitrogen and oxygen atoms in total. The molecule has 0 unspecified atom stereocenters. The summed E-state index contributed by atoms with van der Waals surface area (Å²) in [6.07, 6.45) is 4.95. The maximum Gasteiger partial charge on any atom is 1.00 e. The minimum atomic E-state index is -4.98. The quantitative estimate of drug-likeness (QED) is 0.346. The van der Waals surface area contributed by atoms with Crippen molar-refractivity contribution >= 4 is 9.05 Å². The Morgan fingerprint density at radius 3 is 1.73 bits per heavy atom. The number of hydrogen-bond donors (Lipinski definition) is 0. The maximum absolute atomic E-state index is 10.00. The summed E-state index contributed by atoms with van der Waals surface area (Å²) in [6.45, 7) is 2.15. The molecular formula is C7H15K3O4Si. The Balaban J connectivity index is -0.000000202. The van der Waals surface area contributed by atoms with Crippen LogP contribution in [0.25, 0.3) is 0 Å². The monoisotopic (exact) mass is 308 g/mol. The van der Waals surface area contributed by atoms with Crippen LogP contribution in [0.5, 0.6) is 0 Å². The summed E-state index contributed by atoms with van der Waals surface area (Å²) in [6, 6.07) is 0. The van der Waals surface area contributed by atoms with E-state index in [-0.39, 0.29) is 161 Å². The smallest absolute Gasteiger partial charge is 0.861 e. The van der Waals surface area contributed by atoms with E-state index in [4.69, 9.17) is 0 Å². The van der Waals surface area contributed by atoms with Gasteiger partial charge < -0.3 is 18.8 Å². The number of rotatable bonds is 7. The molecule has 0 saturated carbocycles. The molecular weight excluding hydrogens is 293 g/mol. The van der Waals surface area contributed by atoms with E-state index >= 15 is 0 Å². The summed E-state index contributed by atoms with van der Waals surface area (Å²) in [4.78, 5) is 30.0. The normalized spacial score (nSPS) is 9.60. The Morgan fingerprint density at radius 2 is 1.33 bits per heavy atom. The first-order valence-electron chi connectivity index (χ1n) is 4.31. The largest absolute Gasteiger partial charge is 1.00 e. The molecule has 0 aliphatic heterocycles. The van der Waals surface area contributed by atoms with E-state index < -0.39 is 9.05 Å². The first-order valence-corrected chi connectivity index (χ1v) is 5.95. The van der Waals surface area contributed by atoms with Crippen LogP contribution in [0.2, 0.25) is 0 Å². The topological polar surface area (TPSA) is 78.4 Å². The molecule has 0 bridgehead atoms. The molecule has 0 aliphatic carbocycles. The third kappa shape index (κ3) is 28.0. The van der Waals surface area contributed by atoms with E-state index in [1.54, 1.807) is 0 Å². The van der Waals surface area contributed by atoms with Crippen LogP contribution < -0.4 is 169 Å². The number of hydrogen-bond acceptors (Lipinski definition) is 4. The van der Waals surface area contributed by atoms with E-state index in [1.165, 1.54) is 0 Å². The zero-order valence-electron chi connectivity index (χ0n) is 10.4. The fourth-order valence-corrected chi connectivity index (χ4v) is 1.30. The molecule has 0 aromatic rings. The second kappa shape index (κ2) is 19.0. The van der Waals surface area contributed by atoms with Gasteiger partial charge in [0.2, 0.25) is 0 Å². The molecule has 0 saturated heterocycles. The summed E-state index contributed by atoms with van der Waals surface area (Å²) in [5, 5.41) is 0. The van der Waals surface area contributed by atoms with Crippen LogP contribution in [0.4, 0.5) is 0 Å². The van der Waals surface area contributed by atoms with Crippen molar-refractivity contribution in [3.05, 3.63) is 0 Å². The third-order valence-corrected chi connectivity index (χ3v) is 2.08. The van der Waals surface area contributed by atoms with Crippen LogP contribution in [-0.4, -0.2) is 15.7 Å². The molecule has 0 amide bonds. The number of unbranched alkanes of at least 4 members (excludes halogenated alkanes) is 4. The summed E-state index contributed by atoms with van der Waals surface area (Å²) in [7, 11) is -4.98. The van der Waals surface area contributed by atoms with Crippen molar-refractivity contribution in [2.24, 2.45) is 0 Å². The van der Waals surface area contributed by atoms with Crippen molar-refractivity contribution < 1.29 is 173 Å². The van der Waals surface area contributed by atoms with Gasteiger partial charge in [-0.15, -0.1) is 9.05 Å². The summed E-state index contributed by atoms with van der Waals surface area (Å²) >= 11 is 0. The van der Waals surface area contributed by atoms with Crippen molar-refractivity contribution in [1.82, 2.24) is 0 Å². The molecule has 0 aromatic heterocycles. The minimum absolute atomic E-state index is 0. The zero-order valence-corrected chi connectivity index (χ0v) is 20.7. The van der Waals surface area contributed by atoms with Gasteiger partial charge >= 0.3 is 154 Å². The molecule has 0 heterocycles. The van der Waals surface area contributed by atoms with Gasteiger partial charge in [0.1, 0.15) is 0 Å². The summed E-state index contributed by atoms with van der Waals surface area (Å²) in [5.74, 6) is 0. The predicted octanol–water partition coefficient (Wildman–Crippen LogP) is -10.5. The summed E-state index contributed by atoms with van der Waals surface area (Å²) in [5.41, 5.74) is 0. The van der Waals surface area contributed by atoms with Crippen LogP contribution in [-0.2, 0) is 4.43 Å². The van der Waals surface area contributed by atoms with Crippen LogP contribution in [0, 0.1) is 0 Å². The Morgan fingerprint density at radius 1 is 0.867 bits per heavy atom. The van der Waals surface area contributed by atoms with Crippen molar-refractivity contribution in [2.75, 3.05) is 6.61 Å². The first kappa shape index (κ1) is 28.2. The SMILES string of the molecule is CCCCCCCO[Si]([O-])([O-])[O-].[K+].[K+].[K+]. The van der Waals surface area contributed by atoms with E-state index in [0.29, 0.717) is 6.42 Å². The molecule has 0 radical (unpaired) electrons. The van der Waals surface area contributed by atoms with Gasteiger partial charge in [0.15, 0.2) is 0 Å². The third-order valence-electron chi connectivity index (χ3n) is 1.53. The average molecular weight is 309 g/mol. The predicted molar refractivity (Wildman–Crippen MR) is 40.5 cm³/mol. The van der Waals surface area contributed by atoms with Crippen LogP contribution in [0.15, 0.2) is 0 Å². The Kier molecular flexibility index (Phi) is 35.6. The van der Waals surface area contributed by atoms with Gasteiger partial charge in [0, 0.05) is 6.61 Å². The van der Waals surface area contributed by atoms with Crippen molar-refractivity contribution in [2.45, 2.75) is 39.0 Å². The molecule has 0 aromatic carbocycles. The van der Waals surface area contributed by atoms with Gasteiger partial charge in [0.05, 0.1) is 0 Å². The molecule has 15 heavy (non-hydrogen) atoms. The van der Waals surface area contributed by atoms with Crippen molar-refractivity contribution in [3.8, 4) is 0 Å². The average Bonchev–Trinajstić information content (AvgIpc) is 1.94. The fraction of sp³-hybridized carbons (Fsp3) is 1.00. The second-order valence-corrected chi connectivity index (χ2v) is 4.05. The standard InChI is InChI=1S/C7H15O4Si.3K/c1-2-3-4-5-6-7-11-12(8,9)10;;;/h2-7H2,1H3;;;/q-3;3*+1. The minimum Gasteiger partial charge on any atom is -0.861 e. The van der Waals surface area contributed by atoms with Crippen molar-refractivity contribution in [3.63, 3.8) is 0 Å². The fourth-order valence-electron chi connectivity index (χ4n) is 0.903. The summed E-state index contributed by atoms with van der Waals surface area (Å²) < 4.78 is 4.08. The van der Waals surface area contributed by atoms with E-state index in [9.17, 15) is 14.4 Å². The van der Waals surface area contributed by atoms with Gasteiger partial charge in [-0.2, -0.15) is 0 Å². The van der Waals surface area contributed by atoms with Crippen molar-refractivity contribution in [1.29, 1.82) is 0 Å². The molecule has 0 rings (SSSR count). The van der Waals surface area contributed by atoms with Crippen LogP contribution >= 0.6 is 0 Å². The Labute approximate surface area is 221 Å². The molecule has 74 valence electrons. The Bertz CT molecular complexity index is 113. The van der Waals surface area contributed by atoms with Gasteiger partial charge in [0.25, 0.3) is 0 Å². The van der Waals surface area contributed by atoms with Crippen LogP contribution in [0.3, 0.4) is 0 Å². The van der Waals surface area contributed by atoms with Gasteiger partial charge in [-0.25, -0.2) is 0 Å².